The molecule has 0 bridgehead atoms. The highest BCUT2D eigenvalue weighted by Crippen LogP contribution is 2.24. The largest absolute Gasteiger partial charge is 0.378 e. The minimum atomic E-state index is -3.41. The fourth-order valence-corrected chi connectivity index (χ4v) is 4.84. The van der Waals surface area contributed by atoms with Crippen LogP contribution in [0.1, 0.15) is 11.1 Å². The van der Waals surface area contributed by atoms with E-state index in [1.165, 1.54) is 0 Å². The molecule has 1 aromatic carbocycles. The van der Waals surface area contributed by atoms with Gasteiger partial charge in [0.05, 0.1) is 18.1 Å². The van der Waals surface area contributed by atoms with Gasteiger partial charge in [-0.3, -0.25) is 4.90 Å². The van der Waals surface area contributed by atoms with Crippen molar-refractivity contribution in [2.24, 2.45) is 0 Å². The van der Waals surface area contributed by atoms with Crippen molar-refractivity contribution in [2.75, 3.05) is 39.4 Å². The Morgan fingerprint density at radius 3 is 2.81 bits per heavy atom. The van der Waals surface area contributed by atoms with E-state index in [-0.39, 0.29) is 6.04 Å². The first-order valence-electron chi connectivity index (χ1n) is 7.38. The van der Waals surface area contributed by atoms with E-state index in [9.17, 15) is 8.42 Å². The van der Waals surface area contributed by atoms with Gasteiger partial charge in [-0.1, -0.05) is 12.1 Å². The maximum Gasteiger partial charge on any atom is 0.243 e. The Hall–Kier alpha value is -0.950. The van der Waals surface area contributed by atoms with E-state index in [0.717, 1.165) is 30.8 Å². The summed E-state index contributed by atoms with van der Waals surface area (Å²) in [5, 5.41) is 0. The molecule has 2 saturated heterocycles. The van der Waals surface area contributed by atoms with Crippen LogP contribution in [0.15, 0.2) is 23.1 Å². The Kier molecular flexibility index (Phi) is 4.05. The van der Waals surface area contributed by atoms with Crippen LogP contribution in [0.25, 0.3) is 0 Å². The van der Waals surface area contributed by atoms with Crippen molar-refractivity contribution in [3.8, 4) is 0 Å². The first kappa shape index (κ1) is 15.0. The molecule has 1 atom stereocenters. The molecule has 0 amide bonds. The molecule has 6 heteroatoms. The van der Waals surface area contributed by atoms with Crippen molar-refractivity contribution in [3.05, 3.63) is 29.3 Å². The molecule has 116 valence electrons. The molecule has 0 spiro atoms. The molecule has 0 unspecified atom stereocenters. The van der Waals surface area contributed by atoms with Crippen molar-refractivity contribution >= 4 is 10.0 Å². The Bertz CT molecular complexity index is 630. The monoisotopic (exact) mass is 310 g/mol. The third kappa shape index (κ3) is 2.85. The van der Waals surface area contributed by atoms with Crippen LogP contribution >= 0.6 is 0 Å². The van der Waals surface area contributed by atoms with Crippen LogP contribution in [0.2, 0.25) is 0 Å². The summed E-state index contributed by atoms with van der Waals surface area (Å²) >= 11 is 0. The van der Waals surface area contributed by atoms with Gasteiger partial charge in [-0.05, 0) is 31.0 Å². The normalized spacial score (nSPS) is 24.8. The zero-order valence-electron chi connectivity index (χ0n) is 12.6. The minimum absolute atomic E-state index is 0.187. The van der Waals surface area contributed by atoms with Crippen molar-refractivity contribution < 1.29 is 13.2 Å². The quantitative estimate of drug-likeness (QED) is 0.818. The van der Waals surface area contributed by atoms with E-state index in [1.54, 1.807) is 10.4 Å². The number of sulfonamides is 1. The molecule has 5 nitrogen and oxygen atoms in total. The Morgan fingerprint density at radius 1 is 1.19 bits per heavy atom. The average molecular weight is 310 g/mol. The molecule has 2 aliphatic rings. The molecular formula is C15H22N2O3S. The van der Waals surface area contributed by atoms with Crippen molar-refractivity contribution in [1.29, 1.82) is 0 Å². The van der Waals surface area contributed by atoms with Crippen LogP contribution in [0.5, 0.6) is 0 Å². The van der Waals surface area contributed by atoms with E-state index < -0.39 is 10.0 Å². The number of hydrogen-bond donors (Lipinski definition) is 0. The SMILES string of the molecule is Cc1ccc(C)c(S(=O)(=O)N2CCN3CCOC[C@@H]3C2)c1. The van der Waals surface area contributed by atoms with Gasteiger partial charge < -0.3 is 4.74 Å². The van der Waals surface area contributed by atoms with Gasteiger partial charge in [0.1, 0.15) is 0 Å². The maximum atomic E-state index is 12.9. The van der Waals surface area contributed by atoms with E-state index >= 15 is 0 Å². The topological polar surface area (TPSA) is 49.9 Å². The fraction of sp³-hybridized carbons (Fsp3) is 0.600. The standard InChI is InChI=1S/C15H22N2O3S/c1-12-3-4-13(2)15(9-12)21(18,19)17-6-5-16-7-8-20-11-14(16)10-17/h3-4,9,14H,5-8,10-11H2,1-2H3/t14-/m0/s1. The summed E-state index contributed by atoms with van der Waals surface area (Å²) in [4.78, 5) is 2.77. The van der Waals surface area contributed by atoms with E-state index in [4.69, 9.17) is 4.74 Å². The number of ether oxygens (including phenoxy) is 1. The molecule has 0 saturated carbocycles. The molecule has 0 aliphatic carbocycles. The van der Waals surface area contributed by atoms with Gasteiger partial charge in [-0.15, -0.1) is 0 Å². The zero-order valence-corrected chi connectivity index (χ0v) is 13.4. The third-order valence-electron chi connectivity index (χ3n) is 4.36. The molecular weight excluding hydrogens is 288 g/mol. The van der Waals surface area contributed by atoms with E-state index in [0.29, 0.717) is 24.6 Å². The lowest BCUT2D eigenvalue weighted by molar-refractivity contribution is -0.0304. The predicted octanol–water partition coefficient (Wildman–Crippen LogP) is 1.01. The third-order valence-corrected chi connectivity index (χ3v) is 6.37. The van der Waals surface area contributed by atoms with Gasteiger partial charge in [0, 0.05) is 32.2 Å². The van der Waals surface area contributed by atoms with Gasteiger partial charge >= 0.3 is 0 Å². The summed E-state index contributed by atoms with van der Waals surface area (Å²) < 4.78 is 32.9. The fourth-order valence-electron chi connectivity index (χ4n) is 3.06. The molecule has 3 rings (SSSR count). The lowest BCUT2D eigenvalue weighted by atomic mass is 10.2. The molecule has 2 aliphatic heterocycles. The number of morpholine rings is 1. The highest BCUT2D eigenvalue weighted by molar-refractivity contribution is 7.89. The lowest BCUT2D eigenvalue weighted by Gasteiger charge is -2.43. The van der Waals surface area contributed by atoms with Crippen LogP contribution in [0.4, 0.5) is 0 Å². The van der Waals surface area contributed by atoms with E-state index in [2.05, 4.69) is 4.90 Å². The summed E-state index contributed by atoms with van der Waals surface area (Å²) in [5.41, 5.74) is 1.78. The molecule has 0 radical (unpaired) electrons. The second-order valence-corrected chi connectivity index (χ2v) is 7.80. The highest BCUT2D eigenvalue weighted by atomic mass is 32.2. The van der Waals surface area contributed by atoms with Crippen molar-refractivity contribution in [1.82, 2.24) is 9.21 Å². The smallest absolute Gasteiger partial charge is 0.243 e. The number of piperazine rings is 1. The Balaban J connectivity index is 1.86. The number of benzene rings is 1. The van der Waals surface area contributed by atoms with Crippen LogP contribution in [0, 0.1) is 13.8 Å². The summed E-state index contributed by atoms with van der Waals surface area (Å²) in [7, 11) is -3.41. The molecule has 1 aromatic rings. The minimum Gasteiger partial charge on any atom is -0.378 e. The summed E-state index contributed by atoms with van der Waals surface area (Å²) in [6.45, 7) is 7.93. The van der Waals surface area contributed by atoms with Crippen LogP contribution in [0.3, 0.4) is 0 Å². The summed E-state index contributed by atoms with van der Waals surface area (Å²) in [6.07, 6.45) is 0. The van der Waals surface area contributed by atoms with Crippen LogP contribution < -0.4 is 0 Å². The number of rotatable bonds is 2. The highest BCUT2D eigenvalue weighted by Gasteiger charge is 2.36. The number of nitrogens with zero attached hydrogens (tertiary/aromatic N) is 2. The maximum absolute atomic E-state index is 12.9. The molecule has 0 aromatic heterocycles. The number of hydrogen-bond acceptors (Lipinski definition) is 4. The molecule has 0 N–H and O–H groups in total. The van der Waals surface area contributed by atoms with Gasteiger partial charge in [0.25, 0.3) is 0 Å². The second-order valence-electron chi connectivity index (χ2n) is 5.90. The predicted molar refractivity (Wildman–Crippen MR) is 80.9 cm³/mol. The van der Waals surface area contributed by atoms with Crippen molar-refractivity contribution in [2.45, 2.75) is 24.8 Å². The van der Waals surface area contributed by atoms with Crippen LogP contribution in [-0.2, 0) is 14.8 Å². The number of fused-ring (bicyclic) bond motifs is 1. The molecule has 2 fully saturated rings. The van der Waals surface area contributed by atoms with E-state index in [1.807, 2.05) is 26.0 Å². The Morgan fingerprint density at radius 2 is 2.00 bits per heavy atom. The van der Waals surface area contributed by atoms with Gasteiger partial charge in [0.2, 0.25) is 10.0 Å². The second kappa shape index (κ2) is 5.68. The van der Waals surface area contributed by atoms with Gasteiger partial charge in [-0.25, -0.2) is 8.42 Å². The van der Waals surface area contributed by atoms with Crippen molar-refractivity contribution in [3.63, 3.8) is 0 Å². The number of aryl methyl sites for hydroxylation is 2. The molecule has 2 heterocycles. The summed E-state index contributed by atoms with van der Waals surface area (Å²) in [5.74, 6) is 0. The first-order chi connectivity index (χ1) is 9.98. The van der Waals surface area contributed by atoms with Gasteiger partial charge in [-0.2, -0.15) is 4.31 Å². The average Bonchev–Trinajstić information content (AvgIpc) is 2.49. The first-order valence-corrected chi connectivity index (χ1v) is 8.82. The Labute approximate surface area is 126 Å². The lowest BCUT2D eigenvalue weighted by Crippen LogP contribution is -2.59. The molecule has 21 heavy (non-hydrogen) atoms. The van der Waals surface area contributed by atoms with Crippen LogP contribution in [-0.4, -0.2) is 63.1 Å². The van der Waals surface area contributed by atoms with Gasteiger partial charge in [0.15, 0.2) is 0 Å². The summed E-state index contributed by atoms with van der Waals surface area (Å²) in [6, 6.07) is 5.78. The zero-order chi connectivity index (χ0) is 15.0.